The lowest BCUT2D eigenvalue weighted by Gasteiger charge is -2.11. The number of ether oxygens (including phenoxy) is 1. The summed E-state index contributed by atoms with van der Waals surface area (Å²) in [4.78, 5) is 25.5. The number of nitrogens with one attached hydrogen (secondary N) is 1. The number of hydrogen-bond acceptors (Lipinski definition) is 3. The topological polar surface area (TPSA) is 59.2 Å². The van der Waals surface area contributed by atoms with Crippen LogP contribution in [0.4, 0.5) is 0 Å². The molecule has 104 valence electrons. The molecule has 0 aliphatic heterocycles. The smallest absolute Gasteiger partial charge is 0.355 e. The number of aromatic nitrogens is 1. The van der Waals surface area contributed by atoms with Gasteiger partial charge >= 0.3 is 5.97 Å². The largest absolute Gasteiger partial charge is 0.464 e. The maximum Gasteiger partial charge on any atom is 0.355 e. The minimum Gasteiger partial charge on any atom is -0.464 e. The van der Waals surface area contributed by atoms with Crippen LogP contribution in [-0.2, 0) is 4.74 Å². The van der Waals surface area contributed by atoms with Crippen LogP contribution in [0.15, 0.2) is 29.1 Å². The first kappa shape index (κ1) is 14.9. The van der Waals surface area contributed by atoms with Crippen LogP contribution in [0.1, 0.15) is 10.5 Å². The minimum absolute atomic E-state index is 0.0360. The molecule has 0 unspecified atom stereocenters. The molecule has 7 heteroatoms. The number of methoxy groups -OCH3 is 1. The fraction of sp³-hybridized carbons (Fsp3) is 0.0769. The quantitative estimate of drug-likeness (QED) is 0.672. The van der Waals surface area contributed by atoms with Crippen molar-refractivity contribution >= 4 is 40.8 Å². The zero-order valence-corrected chi connectivity index (χ0v) is 12.4. The van der Waals surface area contributed by atoms with Crippen LogP contribution in [-0.4, -0.2) is 18.1 Å². The number of halogens is 3. The van der Waals surface area contributed by atoms with Crippen LogP contribution in [0.25, 0.3) is 11.1 Å². The van der Waals surface area contributed by atoms with Gasteiger partial charge in [0, 0.05) is 17.2 Å². The summed E-state index contributed by atoms with van der Waals surface area (Å²) in [7, 11) is 1.21. The number of rotatable bonds is 2. The summed E-state index contributed by atoms with van der Waals surface area (Å²) in [5, 5.41) is 0.779. The molecular formula is C13H8Cl3NO3. The standard InChI is InChI=1S/C13H8Cl3NO3/c1-20-13(19)12-6(2-5-9(18)17-12)10-7(14)3-4-8(15)11(10)16/h2-5H,1H3,(H,17,18). The van der Waals surface area contributed by atoms with Crippen molar-refractivity contribution in [3.8, 4) is 11.1 Å². The third-order valence-electron chi connectivity index (χ3n) is 2.62. The van der Waals surface area contributed by atoms with Crippen molar-refractivity contribution in [1.29, 1.82) is 0 Å². The van der Waals surface area contributed by atoms with Gasteiger partial charge in [-0.15, -0.1) is 0 Å². The van der Waals surface area contributed by atoms with E-state index in [4.69, 9.17) is 34.8 Å². The highest BCUT2D eigenvalue weighted by Gasteiger charge is 2.20. The van der Waals surface area contributed by atoms with Crippen molar-refractivity contribution in [3.63, 3.8) is 0 Å². The Kier molecular flexibility index (Phi) is 4.38. The summed E-state index contributed by atoms with van der Waals surface area (Å²) in [5.41, 5.74) is 0.223. The first-order chi connectivity index (χ1) is 9.45. The Morgan fingerprint density at radius 2 is 1.75 bits per heavy atom. The molecule has 1 N–H and O–H groups in total. The van der Waals surface area contributed by atoms with Gasteiger partial charge in [0.1, 0.15) is 5.69 Å². The molecule has 0 fully saturated rings. The maximum atomic E-state index is 11.8. The third-order valence-corrected chi connectivity index (χ3v) is 3.74. The van der Waals surface area contributed by atoms with E-state index in [0.29, 0.717) is 16.1 Å². The predicted octanol–water partition coefficient (Wildman–Crippen LogP) is 3.79. The number of carbonyl (C=O) groups excluding carboxylic acids is 1. The summed E-state index contributed by atoms with van der Waals surface area (Å²) < 4.78 is 4.64. The molecule has 0 spiro atoms. The highest BCUT2D eigenvalue weighted by molar-refractivity contribution is 6.46. The van der Waals surface area contributed by atoms with Gasteiger partial charge in [0.2, 0.25) is 5.56 Å². The minimum atomic E-state index is -0.704. The van der Waals surface area contributed by atoms with Crippen molar-refractivity contribution in [2.24, 2.45) is 0 Å². The van der Waals surface area contributed by atoms with Crippen LogP contribution >= 0.6 is 34.8 Å². The molecule has 2 aromatic rings. The molecule has 1 aromatic heterocycles. The molecule has 0 saturated heterocycles. The Labute approximate surface area is 129 Å². The van der Waals surface area contributed by atoms with Crippen LogP contribution in [0.3, 0.4) is 0 Å². The molecule has 0 aliphatic rings. The molecule has 0 radical (unpaired) electrons. The maximum absolute atomic E-state index is 11.8. The molecule has 20 heavy (non-hydrogen) atoms. The van der Waals surface area contributed by atoms with E-state index in [1.165, 1.54) is 19.2 Å². The first-order valence-corrected chi connectivity index (χ1v) is 6.54. The van der Waals surface area contributed by atoms with E-state index in [1.807, 2.05) is 0 Å². The summed E-state index contributed by atoms with van der Waals surface area (Å²) in [6.07, 6.45) is 0. The molecule has 0 atom stereocenters. The van der Waals surface area contributed by atoms with Gasteiger partial charge in [0.25, 0.3) is 0 Å². The van der Waals surface area contributed by atoms with Gasteiger partial charge in [-0.1, -0.05) is 34.8 Å². The Balaban J connectivity index is 2.80. The number of esters is 1. The van der Waals surface area contributed by atoms with Crippen LogP contribution in [0.5, 0.6) is 0 Å². The Bertz CT molecular complexity index is 740. The molecule has 2 rings (SSSR count). The fourth-order valence-electron chi connectivity index (χ4n) is 1.72. The summed E-state index contributed by atoms with van der Waals surface area (Å²) in [5.74, 6) is -0.704. The normalized spacial score (nSPS) is 10.4. The monoisotopic (exact) mass is 331 g/mol. The fourth-order valence-corrected chi connectivity index (χ4v) is 2.45. The SMILES string of the molecule is COC(=O)c1[nH]c(=O)ccc1-c1c(Cl)ccc(Cl)c1Cl. The van der Waals surface area contributed by atoms with E-state index in [1.54, 1.807) is 12.1 Å². The number of hydrogen-bond donors (Lipinski definition) is 1. The first-order valence-electron chi connectivity index (χ1n) is 5.41. The van der Waals surface area contributed by atoms with Crippen molar-refractivity contribution < 1.29 is 9.53 Å². The average Bonchev–Trinajstić information content (AvgIpc) is 2.44. The second kappa shape index (κ2) is 5.87. The number of aromatic amines is 1. The molecular weight excluding hydrogens is 325 g/mol. The number of H-pyrrole nitrogens is 1. The second-order valence-corrected chi connectivity index (χ2v) is 5.01. The average molecular weight is 333 g/mol. The molecule has 4 nitrogen and oxygen atoms in total. The summed E-state index contributed by atoms with van der Waals surface area (Å²) in [6.45, 7) is 0. The zero-order valence-electron chi connectivity index (χ0n) is 10.2. The summed E-state index contributed by atoms with van der Waals surface area (Å²) >= 11 is 18.2. The van der Waals surface area contributed by atoms with Crippen molar-refractivity contribution in [2.45, 2.75) is 0 Å². The van der Waals surface area contributed by atoms with Crippen molar-refractivity contribution in [2.75, 3.05) is 7.11 Å². The van der Waals surface area contributed by atoms with E-state index >= 15 is 0 Å². The van der Waals surface area contributed by atoms with E-state index in [0.717, 1.165) is 0 Å². The van der Waals surface area contributed by atoms with Gasteiger partial charge in [-0.2, -0.15) is 0 Å². The third kappa shape index (κ3) is 2.68. The molecule has 0 amide bonds. The Morgan fingerprint density at radius 1 is 1.10 bits per heavy atom. The van der Waals surface area contributed by atoms with Gasteiger partial charge in [-0.25, -0.2) is 4.79 Å². The molecule has 1 aromatic carbocycles. The lowest BCUT2D eigenvalue weighted by molar-refractivity contribution is 0.0594. The van der Waals surface area contributed by atoms with Gasteiger partial charge in [-0.3, -0.25) is 4.79 Å². The van der Waals surface area contributed by atoms with Gasteiger partial charge in [0.05, 0.1) is 22.2 Å². The van der Waals surface area contributed by atoms with E-state index in [9.17, 15) is 9.59 Å². The van der Waals surface area contributed by atoms with Crippen LogP contribution < -0.4 is 5.56 Å². The molecule has 0 bridgehead atoms. The van der Waals surface area contributed by atoms with Crippen LogP contribution in [0, 0.1) is 0 Å². The molecule has 0 aliphatic carbocycles. The number of pyridine rings is 1. The highest BCUT2D eigenvalue weighted by Crippen LogP contribution is 2.39. The highest BCUT2D eigenvalue weighted by atomic mass is 35.5. The van der Waals surface area contributed by atoms with E-state index in [2.05, 4.69) is 9.72 Å². The van der Waals surface area contributed by atoms with Crippen LogP contribution in [0.2, 0.25) is 15.1 Å². The second-order valence-electron chi connectivity index (χ2n) is 3.82. The zero-order chi connectivity index (χ0) is 14.9. The Hall–Kier alpha value is -1.49. The summed E-state index contributed by atoms with van der Waals surface area (Å²) in [6, 6.07) is 5.79. The molecule has 0 saturated carbocycles. The number of carbonyl (C=O) groups is 1. The van der Waals surface area contributed by atoms with Gasteiger partial charge in [0.15, 0.2) is 0 Å². The van der Waals surface area contributed by atoms with E-state index in [-0.39, 0.29) is 15.7 Å². The predicted molar refractivity (Wildman–Crippen MR) is 78.9 cm³/mol. The van der Waals surface area contributed by atoms with Gasteiger partial charge < -0.3 is 9.72 Å². The lowest BCUT2D eigenvalue weighted by Crippen LogP contribution is -2.14. The van der Waals surface area contributed by atoms with Gasteiger partial charge in [-0.05, 0) is 18.2 Å². The Morgan fingerprint density at radius 3 is 2.40 bits per heavy atom. The molecule has 1 heterocycles. The van der Waals surface area contributed by atoms with Crippen molar-refractivity contribution in [1.82, 2.24) is 4.98 Å². The van der Waals surface area contributed by atoms with Crippen molar-refractivity contribution in [3.05, 3.63) is 55.4 Å². The van der Waals surface area contributed by atoms with E-state index < -0.39 is 11.5 Å². The lowest BCUT2D eigenvalue weighted by atomic mass is 10.0. The number of benzene rings is 1.